The zero-order valence-corrected chi connectivity index (χ0v) is 10.3. The molecule has 94 valence electrons. The van der Waals surface area contributed by atoms with Crippen LogP contribution in [-0.4, -0.2) is 29.1 Å². The van der Waals surface area contributed by atoms with E-state index in [1.54, 1.807) is 13.8 Å². The van der Waals surface area contributed by atoms with Crippen molar-refractivity contribution in [1.29, 1.82) is 0 Å². The summed E-state index contributed by atoms with van der Waals surface area (Å²) in [6, 6.07) is -0.617. The summed E-state index contributed by atoms with van der Waals surface area (Å²) in [5.74, 6) is -0.476. The highest BCUT2D eigenvalue weighted by atomic mass is 16.6. The van der Waals surface area contributed by atoms with E-state index in [0.717, 1.165) is 5.57 Å². The highest BCUT2D eigenvalue weighted by Gasteiger charge is 2.32. The molecule has 2 N–H and O–H groups in total. The van der Waals surface area contributed by atoms with Crippen LogP contribution < -0.4 is 5.32 Å². The lowest BCUT2D eigenvalue weighted by Gasteiger charge is -2.18. The van der Waals surface area contributed by atoms with Crippen LogP contribution in [0.1, 0.15) is 27.7 Å². The van der Waals surface area contributed by atoms with Crippen LogP contribution in [0.15, 0.2) is 16.3 Å². The molecule has 0 aromatic rings. The number of rotatable bonds is 3. The first-order chi connectivity index (χ1) is 7.82. The van der Waals surface area contributed by atoms with E-state index < -0.39 is 18.1 Å². The molecule has 1 atom stereocenters. The van der Waals surface area contributed by atoms with Crippen molar-refractivity contribution in [3.8, 4) is 0 Å². The van der Waals surface area contributed by atoms with Gasteiger partial charge in [0.25, 0.3) is 0 Å². The minimum atomic E-state index is -1.17. The Hall–Kier alpha value is -1.85. The largest absolute Gasteiger partial charge is 0.465 e. The molecular formula is C11H16N2O4. The van der Waals surface area contributed by atoms with Gasteiger partial charge in [-0.2, -0.15) is 0 Å². The third kappa shape index (κ3) is 3.05. The summed E-state index contributed by atoms with van der Waals surface area (Å²) in [6.45, 7) is 7.13. The molecule has 0 bridgehead atoms. The normalized spacial score (nSPS) is 16.6. The number of nitrogens with zero attached hydrogens (tertiary/aromatic N) is 1. The van der Waals surface area contributed by atoms with Gasteiger partial charge >= 0.3 is 12.1 Å². The average Bonchev–Trinajstić information content (AvgIpc) is 2.55. The number of carboxylic acid groups (broad SMARTS) is 1. The molecule has 6 heteroatoms. The number of carbonyl (C=O) groups is 2. The zero-order valence-electron chi connectivity index (χ0n) is 10.3. The fraction of sp³-hybridized carbons (Fsp3) is 0.545. The number of esters is 1. The third-order valence-corrected chi connectivity index (χ3v) is 2.30. The molecule has 0 saturated heterocycles. The van der Waals surface area contributed by atoms with Crippen LogP contribution in [0.25, 0.3) is 0 Å². The standard InChI is InChI=1S/C11H16N2O4/c1-5(2)7(13-11(15)16)9-12-8(6(3)4)10(14)17-9/h5,7,13H,1-4H3,(H,15,16). The lowest BCUT2D eigenvalue weighted by atomic mass is 10.0. The molecule has 0 fully saturated rings. The van der Waals surface area contributed by atoms with Crippen molar-refractivity contribution in [2.45, 2.75) is 33.7 Å². The van der Waals surface area contributed by atoms with Crippen molar-refractivity contribution in [3.63, 3.8) is 0 Å². The molecule has 0 saturated carbocycles. The van der Waals surface area contributed by atoms with Gasteiger partial charge in [0.1, 0.15) is 6.04 Å². The van der Waals surface area contributed by atoms with Crippen molar-refractivity contribution < 1.29 is 19.4 Å². The maximum absolute atomic E-state index is 11.5. The summed E-state index contributed by atoms with van der Waals surface area (Å²) in [7, 11) is 0. The minimum Gasteiger partial charge on any atom is -0.465 e. The maximum Gasteiger partial charge on any atom is 0.405 e. The third-order valence-electron chi connectivity index (χ3n) is 2.30. The van der Waals surface area contributed by atoms with Crippen LogP contribution in [0.2, 0.25) is 0 Å². The molecule has 0 spiro atoms. The van der Waals surface area contributed by atoms with Gasteiger partial charge in [-0.05, 0) is 25.3 Å². The van der Waals surface area contributed by atoms with Gasteiger partial charge in [-0.3, -0.25) is 0 Å². The topological polar surface area (TPSA) is 88.0 Å². The average molecular weight is 240 g/mol. The fourth-order valence-corrected chi connectivity index (χ4v) is 1.42. The number of nitrogens with one attached hydrogen (secondary N) is 1. The molecule has 17 heavy (non-hydrogen) atoms. The Balaban J connectivity index is 2.99. The van der Waals surface area contributed by atoms with Crippen LogP contribution in [0.3, 0.4) is 0 Å². The quantitative estimate of drug-likeness (QED) is 0.578. The number of carbonyl (C=O) groups excluding carboxylic acids is 1. The van der Waals surface area contributed by atoms with Gasteiger partial charge in [-0.25, -0.2) is 14.6 Å². The fourth-order valence-electron chi connectivity index (χ4n) is 1.42. The van der Waals surface area contributed by atoms with Crippen molar-refractivity contribution in [2.75, 3.05) is 0 Å². The predicted octanol–water partition coefficient (Wildman–Crippen LogP) is 1.53. The van der Waals surface area contributed by atoms with E-state index in [9.17, 15) is 9.59 Å². The number of amides is 1. The van der Waals surface area contributed by atoms with Gasteiger partial charge in [0, 0.05) is 0 Å². The molecule has 1 unspecified atom stereocenters. The van der Waals surface area contributed by atoms with Crippen LogP contribution in [0.5, 0.6) is 0 Å². The Morgan fingerprint density at radius 3 is 2.35 bits per heavy atom. The van der Waals surface area contributed by atoms with Gasteiger partial charge in [-0.15, -0.1) is 0 Å². The summed E-state index contributed by atoms with van der Waals surface area (Å²) < 4.78 is 4.99. The lowest BCUT2D eigenvalue weighted by Crippen LogP contribution is -2.44. The van der Waals surface area contributed by atoms with Crippen LogP contribution in [-0.2, 0) is 9.53 Å². The van der Waals surface area contributed by atoms with Gasteiger partial charge in [0.05, 0.1) is 0 Å². The second kappa shape index (κ2) is 4.99. The smallest absolute Gasteiger partial charge is 0.405 e. The number of allylic oxidation sites excluding steroid dienone is 1. The zero-order chi connectivity index (χ0) is 13.2. The van der Waals surface area contributed by atoms with E-state index in [1.807, 2.05) is 13.8 Å². The van der Waals surface area contributed by atoms with Crippen LogP contribution in [0, 0.1) is 5.92 Å². The molecule has 0 aromatic carbocycles. The van der Waals surface area contributed by atoms with Crippen molar-refractivity contribution in [1.82, 2.24) is 5.32 Å². The van der Waals surface area contributed by atoms with Crippen molar-refractivity contribution in [2.24, 2.45) is 10.9 Å². The van der Waals surface area contributed by atoms with Gasteiger partial charge in [0.15, 0.2) is 5.70 Å². The minimum absolute atomic E-state index is 0.0610. The SMILES string of the molecule is CC(C)=C1N=C(C(NC(=O)O)C(C)C)OC1=O. The summed E-state index contributed by atoms with van der Waals surface area (Å²) in [4.78, 5) is 26.2. The van der Waals surface area contributed by atoms with Crippen molar-refractivity contribution in [3.05, 3.63) is 11.3 Å². The number of ether oxygens (including phenoxy) is 1. The van der Waals surface area contributed by atoms with E-state index in [0.29, 0.717) is 0 Å². The Morgan fingerprint density at radius 2 is 2.00 bits per heavy atom. The summed E-state index contributed by atoms with van der Waals surface area (Å²) in [6.07, 6.45) is -1.17. The Morgan fingerprint density at radius 1 is 1.41 bits per heavy atom. The first-order valence-corrected chi connectivity index (χ1v) is 5.30. The van der Waals surface area contributed by atoms with Crippen molar-refractivity contribution >= 4 is 18.0 Å². The van der Waals surface area contributed by atoms with E-state index in [1.165, 1.54) is 0 Å². The lowest BCUT2D eigenvalue weighted by molar-refractivity contribution is -0.130. The summed E-state index contributed by atoms with van der Waals surface area (Å²) in [5.41, 5.74) is 0.987. The molecule has 0 aliphatic carbocycles. The van der Waals surface area contributed by atoms with Crippen LogP contribution in [0.4, 0.5) is 4.79 Å². The molecule has 1 aliphatic heterocycles. The number of cyclic esters (lactones) is 1. The van der Waals surface area contributed by atoms with E-state index in [2.05, 4.69) is 10.3 Å². The molecular weight excluding hydrogens is 224 g/mol. The van der Waals surface area contributed by atoms with E-state index >= 15 is 0 Å². The molecule has 1 rings (SSSR count). The molecule has 1 heterocycles. The monoisotopic (exact) mass is 240 g/mol. The van der Waals surface area contributed by atoms with E-state index in [4.69, 9.17) is 9.84 Å². The molecule has 6 nitrogen and oxygen atoms in total. The highest BCUT2D eigenvalue weighted by Crippen LogP contribution is 2.19. The molecule has 1 aliphatic rings. The van der Waals surface area contributed by atoms with Gasteiger partial charge in [0.2, 0.25) is 5.90 Å². The van der Waals surface area contributed by atoms with Crippen LogP contribution >= 0.6 is 0 Å². The Bertz CT molecular complexity index is 406. The predicted molar refractivity (Wildman–Crippen MR) is 61.7 cm³/mol. The molecule has 1 amide bonds. The van der Waals surface area contributed by atoms with E-state index in [-0.39, 0.29) is 17.5 Å². The molecule has 0 radical (unpaired) electrons. The van der Waals surface area contributed by atoms with Gasteiger partial charge < -0.3 is 15.2 Å². The Labute approximate surface area is 99.4 Å². The number of hydrogen-bond acceptors (Lipinski definition) is 4. The van der Waals surface area contributed by atoms with Gasteiger partial charge in [-0.1, -0.05) is 13.8 Å². The maximum atomic E-state index is 11.5. The molecule has 0 aromatic heterocycles. The summed E-state index contributed by atoms with van der Waals surface area (Å²) in [5, 5.41) is 11.0. The number of hydrogen-bond donors (Lipinski definition) is 2. The first-order valence-electron chi connectivity index (χ1n) is 5.30. The summed E-state index contributed by atoms with van der Waals surface area (Å²) >= 11 is 0. The first kappa shape index (κ1) is 13.2. The number of aliphatic imine (C=N–C) groups is 1. The highest BCUT2D eigenvalue weighted by molar-refractivity contribution is 6.07. The second-order valence-corrected chi connectivity index (χ2v) is 4.36. The second-order valence-electron chi connectivity index (χ2n) is 4.36. The Kier molecular flexibility index (Phi) is 3.88.